The number of hydrogen-bond donors (Lipinski definition) is 1. The molecule has 38 heavy (non-hydrogen) atoms. The highest BCUT2D eigenvalue weighted by Crippen LogP contribution is 2.35. The zero-order chi connectivity index (χ0) is 26.9. The second kappa shape index (κ2) is 10.6. The van der Waals surface area contributed by atoms with Crippen LogP contribution >= 0.6 is 22.9 Å². The average molecular weight is 568 g/mol. The van der Waals surface area contributed by atoms with Crippen LogP contribution in [0.15, 0.2) is 77.0 Å². The van der Waals surface area contributed by atoms with Gasteiger partial charge in [0.05, 0.1) is 22.0 Å². The third-order valence-electron chi connectivity index (χ3n) is 6.01. The molecule has 0 atom stereocenters. The topological polar surface area (TPSA) is 106 Å². The van der Waals surface area contributed by atoms with E-state index >= 15 is 0 Å². The van der Waals surface area contributed by atoms with Crippen molar-refractivity contribution in [1.29, 1.82) is 0 Å². The number of fused-ring (bicyclic) bond motifs is 1. The summed E-state index contributed by atoms with van der Waals surface area (Å²) in [5.74, 6) is -1.42. The highest BCUT2D eigenvalue weighted by molar-refractivity contribution is 7.93. The Morgan fingerprint density at radius 3 is 2.66 bits per heavy atom. The molecule has 0 fully saturated rings. The lowest BCUT2D eigenvalue weighted by Crippen LogP contribution is -2.29. The van der Waals surface area contributed by atoms with E-state index in [0.29, 0.717) is 17.2 Å². The maximum absolute atomic E-state index is 13.4. The number of sulfonamides is 1. The molecule has 1 aliphatic heterocycles. The van der Waals surface area contributed by atoms with Crippen molar-refractivity contribution in [3.05, 3.63) is 93.8 Å². The van der Waals surface area contributed by atoms with Crippen molar-refractivity contribution in [1.82, 2.24) is 4.98 Å². The molecular weight excluding hydrogens is 546 g/mol. The smallest absolute Gasteiger partial charge is 0.338 e. The van der Waals surface area contributed by atoms with Gasteiger partial charge < -0.3 is 4.74 Å². The first-order valence-electron chi connectivity index (χ1n) is 11.6. The summed E-state index contributed by atoms with van der Waals surface area (Å²) in [6.45, 7) is 1.70. The molecule has 0 aliphatic carbocycles. The molecule has 0 unspecified atom stereocenters. The van der Waals surface area contributed by atoms with Gasteiger partial charge in [-0.3, -0.25) is 14.4 Å². The second-order valence-electron chi connectivity index (χ2n) is 8.63. The van der Waals surface area contributed by atoms with Crippen LogP contribution in [0, 0.1) is 6.92 Å². The van der Waals surface area contributed by atoms with Gasteiger partial charge in [0.15, 0.2) is 11.7 Å². The van der Waals surface area contributed by atoms with E-state index in [-0.39, 0.29) is 22.0 Å². The summed E-state index contributed by atoms with van der Waals surface area (Å²) in [7, 11) is -4.03. The maximum Gasteiger partial charge on any atom is 0.338 e. The van der Waals surface area contributed by atoms with E-state index in [2.05, 4.69) is 10.3 Å². The number of aryl methyl sites for hydroxylation is 1. The molecule has 3 aromatic carbocycles. The molecule has 1 aromatic heterocycles. The van der Waals surface area contributed by atoms with Crippen molar-refractivity contribution in [3.63, 3.8) is 0 Å². The Morgan fingerprint density at radius 2 is 1.87 bits per heavy atom. The van der Waals surface area contributed by atoms with Gasteiger partial charge in [0, 0.05) is 17.5 Å². The number of amides is 1. The predicted octanol–water partition coefficient (Wildman–Crippen LogP) is 5.32. The van der Waals surface area contributed by atoms with Gasteiger partial charge in [-0.1, -0.05) is 59.6 Å². The van der Waals surface area contributed by atoms with Gasteiger partial charge in [-0.15, -0.1) is 11.3 Å². The van der Waals surface area contributed by atoms with E-state index in [0.717, 1.165) is 22.4 Å². The zero-order valence-corrected chi connectivity index (χ0v) is 22.6. The number of hydrogen-bond acceptors (Lipinski definition) is 7. The largest absolute Gasteiger partial charge is 0.452 e. The van der Waals surface area contributed by atoms with Gasteiger partial charge in [-0.25, -0.2) is 18.2 Å². The number of nitrogens with one attached hydrogen (secondary N) is 1. The number of thiazole rings is 1. The highest BCUT2D eigenvalue weighted by atomic mass is 35.5. The molecule has 0 bridgehead atoms. The first-order chi connectivity index (χ1) is 18.2. The van der Waals surface area contributed by atoms with Crippen molar-refractivity contribution < 1.29 is 22.7 Å². The van der Waals surface area contributed by atoms with Crippen LogP contribution in [0.4, 0.5) is 10.8 Å². The Labute approximate surface area is 228 Å². The standard InChI is InChI=1S/C27H22ClN3O5S2/c1-17-6-8-18(9-7-17)22-16-37-27(29-22)30-25(32)15-36-26(33)20-10-11-21(28)24(14-20)38(34,35)31-13-12-19-4-2-3-5-23(19)31/h2-11,14,16H,12-13,15H2,1H3,(H,29,30,32). The number of esters is 1. The quantitative estimate of drug-likeness (QED) is 0.303. The Bertz CT molecular complexity index is 1630. The lowest BCUT2D eigenvalue weighted by Gasteiger charge is -2.20. The summed E-state index contributed by atoms with van der Waals surface area (Å²) < 4.78 is 33.2. The van der Waals surface area contributed by atoms with E-state index < -0.39 is 28.5 Å². The lowest BCUT2D eigenvalue weighted by atomic mass is 10.1. The first-order valence-corrected chi connectivity index (χ1v) is 14.3. The first kappa shape index (κ1) is 25.9. The SMILES string of the molecule is Cc1ccc(-c2csc(NC(=O)COC(=O)c3ccc(Cl)c(S(=O)(=O)N4CCc5ccccc54)c3)n2)cc1. The average Bonchev–Trinajstić information content (AvgIpc) is 3.55. The normalized spacial score (nSPS) is 12.7. The van der Waals surface area contributed by atoms with E-state index in [1.807, 2.05) is 48.7 Å². The molecule has 4 aromatic rings. The Kier molecular flexibility index (Phi) is 7.20. The number of para-hydroxylation sites is 1. The molecule has 11 heteroatoms. The third-order valence-corrected chi connectivity index (χ3v) is 9.06. The summed E-state index contributed by atoms with van der Waals surface area (Å²) in [5.41, 5.74) is 4.23. The van der Waals surface area contributed by atoms with Crippen LogP contribution in [-0.2, 0) is 26.0 Å². The number of carbonyl (C=O) groups is 2. The minimum atomic E-state index is -4.03. The van der Waals surface area contributed by atoms with Gasteiger partial charge in [0.1, 0.15) is 4.90 Å². The van der Waals surface area contributed by atoms with Crippen LogP contribution in [0.25, 0.3) is 11.3 Å². The number of benzene rings is 3. The molecule has 2 heterocycles. The van der Waals surface area contributed by atoms with E-state index in [4.69, 9.17) is 16.3 Å². The third kappa shape index (κ3) is 5.28. The molecular formula is C27H22ClN3O5S2. The number of anilines is 2. The number of ether oxygens (including phenoxy) is 1. The maximum atomic E-state index is 13.4. The van der Waals surface area contributed by atoms with E-state index in [9.17, 15) is 18.0 Å². The van der Waals surface area contributed by atoms with Gasteiger partial charge in [-0.2, -0.15) is 0 Å². The van der Waals surface area contributed by atoms with Crippen LogP contribution in [0.2, 0.25) is 5.02 Å². The molecule has 1 N–H and O–H groups in total. The van der Waals surface area contributed by atoms with Crippen LogP contribution in [-0.4, -0.2) is 38.4 Å². The fraction of sp³-hybridized carbons (Fsp3) is 0.148. The number of carbonyl (C=O) groups excluding carboxylic acids is 2. The van der Waals surface area contributed by atoms with Crippen molar-refractivity contribution in [3.8, 4) is 11.3 Å². The fourth-order valence-electron chi connectivity index (χ4n) is 4.06. The second-order valence-corrected chi connectivity index (χ2v) is 11.7. The Balaban J connectivity index is 1.24. The molecule has 0 radical (unpaired) electrons. The van der Waals surface area contributed by atoms with Crippen molar-refractivity contribution >= 4 is 55.7 Å². The van der Waals surface area contributed by atoms with Crippen LogP contribution in [0.3, 0.4) is 0 Å². The summed E-state index contributed by atoms with van der Waals surface area (Å²) in [6.07, 6.45) is 0.579. The molecule has 0 spiro atoms. The van der Waals surface area contributed by atoms with Crippen molar-refractivity contribution in [2.24, 2.45) is 0 Å². The number of rotatable bonds is 7. The fourth-order valence-corrected chi connectivity index (χ4v) is 6.80. The lowest BCUT2D eigenvalue weighted by molar-refractivity contribution is -0.119. The predicted molar refractivity (Wildman–Crippen MR) is 147 cm³/mol. The van der Waals surface area contributed by atoms with Gasteiger partial charge in [-0.05, 0) is 43.2 Å². The number of aromatic nitrogens is 1. The number of halogens is 1. The van der Waals surface area contributed by atoms with Crippen LogP contribution in [0.1, 0.15) is 21.5 Å². The molecule has 1 aliphatic rings. The highest BCUT2D eigenvalue weighted by Gasteiger charge is 2.32. The van der Waals surface area contributed by atoms with Crippen LogP contribution in [0.5, 0.6) is 0 Å². The minimum absolute atomic E-state index is 0.0168. The number of nitrogens with zero attached hydrogens (tertiary/aromatic N) is 2. The van der Waals surface area contributed by atoms with Gasteiger partial charge in [0.25, 0.3) is 15.9 Å². The summed E-state index contributed by atoms with van der Waals surface area (Å²) in [5, 5.41) is 4.78. The molecule has 194 valence electrons. The summed E-state index contributed by atoms with van der Waals surface area (Å²) in [6, 6.07) is 18.9. The zero-order valence-electron chi connectivity index (χ0n) is 20.2. The van der Waals surface area contributed by atoms with E-state index in [1.165, 1.54) is 33.8 Å². The molecule has 0 saturated carbocycles. The molecule has 5 rings (SSSR count). The molecule has 1 amide bonds. The summed E-state index contributed by atoms with van der Waals surface area (Å²) in [4.78, 5) is 29.2. The Morgan fingerprint density at radius 1 is 1.11 bits per heavy atom. The van der Waals surface area contributed by atoms with Gasteiger partial charge in [0.2, 0.25) is 0 Å². The monoisotopic (exact) mass is 567 g/mol. The van der Waals surface area contributed by atoms with Gasteiger partial charge >= 0.3 is 5.97 Å². The Hall–Kier alpha value is -3.73. The van der Waals surface area contributed by atoms with E-state index in [1.54, 1.807) is 12.1 Å². The van der Waals surface area contributed by atoms with Crippen LogP contribution < -0.4 is 9.62 Å². The molecule has 0 saturated heterocycles. The van der Waals surface area contributed by atoms with Crippen molar-refractivity contribution in [2.45, 2.75) is 18.2 Å². The molecule has 8 nitrogen and oxygen atoms in total. The van der Waals surface area contributed by atoms with Crippen molar-refractivity contribution in [2.75, 3.05) is 22.8 Å². The minimum Gasteiger partial charge on any atom is -0.452 e. The summed E-state index contributed by atoms with van der Waals surface area (Å²) >= 11 is 7.49.